The fourth-order valence-electron chi connectivity index (χ4n) is 6.58. The van der Waals surface area contributed by atoms with Crippen molar-refractivity contribution in [3.8, 4) is 44.5 Å². The van der Waals surface area contributed by atoms with Gasteiger partial charge in [-0.25, -0.2) is 0 Å². The second-order valence-electron chi connectivity index (χ2n) is 12.4. The summed E-state index contributed by atoms with van der Waals surface area (Å²) in [5.41, 5.74) is 11.4. The number of rotatable bonds is 10. The highest BCUT2D eigenvalue weighted by molar-refractivity contribution is 6.19. The van der Waals surface area contributed by atoms with Crippen LogP contribution < -0.4 is 0 Å². The zero-order chi connectivity index (χ0) is 34.3. The number of benzene rings is 7. The summed E-state index contributed by atoms with van der Waals surface area (Å²) in [6.45, 7) is 2.03. The van der Waals surface area contributed by atoms with Crippen LogP contribution in [0.2, 0.25) is 0 Å². The van der Waals surface area contributed by atoms with E-state index in [-0.39, 0.29) is 18.0 Å². The van der Waals surface area contributed by atoms with E-state index in [4.69, 9.17) is 0 Å². The highest BCUT2D eigenvalue weighted by Gasteiger charge is 2.25. The Bertz CT molecular complexity index is 2290. The molecule has 7 aromatic carbocycles. The Morgan fingerprint density at radius 2 is 0.880 bits per heavy atom. The maximum atomic E-state index is 15.4. The molecule has 0 radical (unpaired) electrons. The molecule has 0 aliphatic carbocycles. The van der Waals surface area contributed by atoms with Gasteiger partial charge in [-0.1, -0.05) is 170 Å². The van der Waals surface area contributed by atoms with Crippen LogP contribution in [0.3, 0.4) is 0 Å². The second-order valence-corrected chi connectivity index (χ2v) is 12.4. The lowest BCUT2D eigenvalue weighted by Crippen LogP contribution is -2.11. The van der Waals surface area contributed by atoms with Gasteiger partial charge in [0.2, 0.25) is 0 Å². The molecular weight excluding hydrogens is 609 g/mol. The van der Waals surface area contributed by atoms with Crippen molar-refractivity contribution >= 4 is 17.6 Å². The van der Waals surface area contributed by atoms with E-state index < -0.39 is 0 Å². The number of hydrogen-bond acceptors (Lipinski definition) is 2. The topological polar surface area (TPSA) is 34.1 Å². The van der Waals surface area contributed by atoms with Crippen LogP contribution in [0, 0.1) is 6.92 Å². The number of carbonyl (C=O) groups excluding carboxylic acids is 2. The van der Waals surface area contributed by atoms with Gasteiger partial charge in [-0.05, 0) is 80.8 Å². The van der Waals surface area contributed by atoms with Crippen LogP contribution >= 0.6 is 0 Å². The third kappa shape index (κ3) is 6.92. The molecule has 0 amide bonds. The van der Waals surface area contributed by atoms with Crippen molar-refractivity contribution in [1.82, 2.24) is 0 Å². The molecule has 2 heteroatoms. The number of carbonyl (C=O) groups is 2. The van der Waals surface area contributed by atoms with E-state index in [0.717, 1.165) is 55.6 Å². The Labute approximate surface area is 294 Å². The van der Waals surface area contributed by atoms with E-state index in [1.165, 1.54) is 0 Å². The van der Waals surface area contributed by atoms with Gasteiger partial charge in [0.25, 0.3) is 0 Å². The van der Waals surface area contributed by atoms with E-state index in [1.54, 1.807) is 0 Å². The van der Waals surface area contributed by atoms with Gasteiger partial charge in [-0.3, -0.25) is 9.59 Å². The molecule has 0 saturated heterocycles. The lowest BCUT2D eigenvalue weighted by Gasteiger charge is -2.20. The molecule has 240 valence electrons. The van der Waals surface area contributed by atoms with Gasteiger partial charge in [0, 0.05) is 23.1 Å². The van der Waals surface area contributed by atoms with Crippen LogP contribution in [-0.2, 0) is 0 Å². The molecule has 50 heavy (non-hydrogen) atoms. The van der Waals surface area contributed by atoms with Crippen molar-refractivity contribution in [3.63, 3.8) is 0 Å². The molecule has 0 atom stereocenters. The van der Waals surface area contributed by atoms with Gasteiger partial charge in [-0.2, -0.15) is 0 Å². The SMILES string of the molecule is Cc1cc(-c2ccccc2)cc(-c2ccccc2)c1C(=O)c1c(C=CCC(=O)c2ccccc2)cc(-c2ccccc2)cc1-c1ccccc1. The summed E-state index contributed by atoms with van der Waals surface area (Å²) in [5, 5.41) is 0. The third-order valence-corrected chi connectivity index (χ3v) is 9.04. The molecule has 0 heterocycles. The van der Waals surface area contributed by atoms with Gasteiger partial charge in [0.05, 0.1) is 0 Å². The molecule has 0 bridgehead atoms. The van der Waals surface area contributed by atoms with Crippen molar-refractivity contribution in [3.05, 3.63) is 210 Å². The predicted octanol–water partition coefficient (Wildman–Crippen LogP) is 12.2. The first kappa shape index (κ1) is 32.2. The minimum Gasteiger partial charge on any atom is -0.294 e. The highest BCUT2D eigenvalue weighted by Crippen LogP contribution is 2.39. The molecule has 0 fully saturated rings. The summed E-state index contributed by atoms with van der Waals surface area (Å²) in [6, 6.07) is 58.5. The Hall–Kier alpha value is -6.38. The summed E-state index contributed by atoms with van der Waals surface area (Å²) in [4.78, 5) is 28.5. The summed E-state index contributed by atoms with van der Waals surface area (Å²) >= 11 is 0. The molecule has 0 N–H and O–H groups in total. The molecule has 0 spiro atoms. The molecule has 7 aromatic rings. The maximum Gasteiger partial charge on any atom is 0.195 e. The Balaban J connectivity index is 1.45. The van der Waals surface area contributed by atoms with Crippen LogP contribution in [0.25, 0.3) is 50.6 Å². The third-order valence-electron chi connectivity index (χ3n) is 9.04. The number of Topliss-reactive ketones (excluding diaryl/α,β-unsaturated/α-hetero) is 1. The van der Waals surface area contributed by atoms with Crippen LogP contribution in [0.1, 0.15) is 43.8 Å². The fraction of sp³-hybridized carbons (Fsp3) is 0.0417. The summed E-state index contributed by atoms with van der Waals surface area (Å²) in [5.74, 6) is -0.0376. The van der Waals surface area contributed by atoms with Crippen LogP contribution in [0.15, 0.2) is 182 Å². The van der Waals surface area contributed by atoms with Gasteiger partial charge in [-0.15, -0.1) is 0 Å². The minimum atomic E-state index is -0.0616. The first-order valence-electron chi connectivity index (χ1n) is 16.9. The number of aryl methyl sites for hydroxylation is 1. The zero-order valence-corrected chi connectivity index (χ0v) is 27.9. The maximum absolute atomic E-state index is 15.4. The van der Waals surface area contributed by atoms with E-state index >= 15 is 4.79 Å². The van der Waals surface area contributed by atoms with Crippen molar-refractivity contribution < 1.29 is 9.59 Å². The normalized spacial score (nSPS) is 11.1. The monoisotopic (exact) mass is 644 g/mol. The van der Waals surface area contributed by atoms with Crippen LogP contribution in [0.5, 0.6) is 0 Å². The molecule has 0 aliphatic rings. The second kappa shape index (κ2) is 14.8. The summed E-state index contributed by atoms with van der Waals surface area (Å²) in [6.07, 6.45) is 4.05. The molecule has 0 aromatic heterocycles. The zero-order valence-electron chi connectivity index (χ0n) is 27.9. The number of allylic oxidation sites excluding steroid dienone is 1. The molecular formula is C48H36O2. The molecule has 7 rings (SSSR count). The fourth-order valence-corrected chi connectivity index (χ4v) is 6.58. The quantitative estimate of drug-likeness (QED) is 0.139. The van der Waals surface area contributed by atoms with Crippen molar-refractivity contribution in [1.29, 1.82) is 0 Å². The molecule has 2 nitrogen and oxygen atoms in total. The van der Waals surface area contributed by atoms with E-state index in [1.807, 2.05) is 122 Å². The first-order valence-corrected chi connectivity index (χ1v) is 16.9. The lowest BCUT2D eigenvalue weighted by molar-refractivity contribution is 0.0994. The van der Waals surface area contributed by atoms with Crippen molar-refractivity contribution in [2.24, 2.45) is 0 Å². The summed E-state index contributed by atoms with van der Waals surface area (Å²) < 4.78 is 0. The Kier molecular flexibility index (Phi) is 9.53. The van der Waals surface area contributed by atoms with Crippen LogP contribution in [-0.4, -0.2) is 11.6 Å². The predicted molar refractivity (Wildman–Crippen MR) is 207 cm³/mol. The van der Waals surface area contributed by atoms with Gasteiger partial charge in [0.15, 0.2) is 11.6 Å². The van der Waals surface area contributed by atoms with E-state index in [0.29, 0.717) is 16.7 Å². The van der Waals surface area contributed by atoms with Gasteiger partial charge >= 0.3 is 0 Å². The van der Waals surface area contributed by atoms with E-state index in [2.05, 4.69) is 72.8 Å². The first-order chi connectivity index (χ1) is 24.6. The summed E-state index contributed by atoms with van der Waals surface area (Å²) in [7, 11) is 0. The van der Waals surface area contributed by atoms with E-state index in [9.17, 15) is 4.79 Å². The van der Waals surface area contributed by atoms with Gasteiger partial charge < -0.3 is 0 Å². The molecule has 0 unspecified atom stereocenters. The van der Waals surface area contributed by atoms with Crippen LogP contribution in [0.4, 0.5) is 0 Å². The molecule has 0 aliphatic heterocycles. The van der Waals surface area contributed by atoms with Crippen molar-refractivity contribution in [2.75, 3.05) is 0 Å². The standard InChI is InChI=1S/C48H36O2/c1-34-30-41(35-18-7-2-8-19-35)32-43(37-22-11-4-12-23-37)46(34)48(50)47-40(28-17-29-45(49)39-26-15-6-16-27-39)31-42(36-20-9-3-10-21-36)33-44(47)38-24-13-5-14-25-38/h2-28,30-33H,29H2,1H3. The average molecular weight is 645 g/mol. The minimum absolute atomic E-state index is 0.0240. The largest absolute Gasteiger partial charge is 0.294 e. The smallest absolute Gasteiger partial charge is 0.195 e. The average Bonchev–Trinajstić information content (AvgIpc) is 3.18. The lowest BCUT2D eigenvalue weighted by atomic mass is 9.82. The number of hydrogen-bond donors (Lipinski definition) is 0. The number of ketones is 2. The van der Waals surface area contributed by atoms with Crippen molar-refractivity contribution in [2.45, 2.75) is 13.3 Å². The van der Waals surface area contributed by atoms with Gasteiger partial charge in [0.1, 0.15) is 0 Å². The Morgan fingerprint density at radius 3 is 1.38 bits per heavy atom. The highest BCUT2D eigenvalue weighted by atomic mass is 16.1. The molecule has 0 saturated carbocycles. The Morgan fingerprint density at radius 1 is 0.460 bits per heavy atom.